The van der Waals surface area contributed by atoms with Gasteiger partial charge in [0.15, 0.2) is 0 Å². The van der Waals surface area contributed by atoms with Crippen LogP contribution in [0.3, 0.4) is 0 Å². The number of nitriles is 1. The van der Waals surface area contributed by atoms with Crippen molar-refractivity contribution in [2.24, 2.45) is 0 Å². The van der Waals surface area contributed by atoms with Crippen LogP contribution in [0.4, 0.5) is 14.5 Å². The van der Waals surface area contributed by atoms with Gasteiger partial charge in [-0.15, -0.1) is 0 Å². The summed E-state index contributed by atoms with van der Waals surface area (Å²) in [6, 6.07) is 10.4. The van der Waals surface area contributed by atoms with E-state index in [1.807, 2.05) is 0 Å². The van der Waals surface area contributed by atoms with Gasteiger partial charge in [-0.2, -0.15) is 5.26 Å². The molecule has 0 aliphatic carbocycles. The lowest BCUT2D eigenvalue weighted by molar-refractivity contribution is 0.620. The van der Waals surface area contributed by atoms with E-state index in [2.05, 4.69) is 36.7 Å². The van der Waals surface area contributed by atoms with E-state index in [4.69, 9.17) is 11.8 Å². The quantitative estimate of drug-likeness (QED) is 0.418. The van der Waals surface area contributed by atoms with E-state index in [0.29, 0.717) is 4.47 Å². The minimum absolute atomic E-state index is 0.0519. The molecule has 2 nitrogen and oxygen atoms in total. The maximum atomic E-state index is 12.7. The molecule has 0 aliphatic heterocycles. The van der Waals surface area contributed by atoms with Gasteiger partial charge in [0.25, 0.3) is 0 Å². The summed E-state index contributed by atoms with van der Waals surface area (Å²) in [6.07, 6.45) is 0. The summed E-state index contributed by atoms with van der Waals surface area (Å²) in [4.78, 5) is 2.91. The predicted octanol–water partition coefficient (Wildman–Crippen LogP) is 5.60. The minimum atomic E-state index is -0.640. The number of rotatable bonds is 0. The van der Waals surface area contributed by atoms with Crippen molar-refractivity contribution in [1.29, 1.82) is 5.26 Å². The normalized spacial score (nSPS) is 8.90. The Hall–Kier alpha value is -1.76. The highest BCUT2D eigenvalue weighted by Crippen LogP contribution is 2.19. The first-order valence-corrected chi connectivity index (χ1v) is 6.74. The van der Waals surface area contributed by atoms with Crippen molar-refractivity contribution in [1.82, 2.24) is 0 Å². The third kappa shape index (κ3) is 4.73. The van der Waals surface area contributed by atoms with Crippen molar-refractivity contribution in [3.8, 4) is 6.07 Å². The highest BCUT2D eigenvalue weighted by Gasteiger charge is 2.01. The summed E-state index contributed by atoms with van der Waals surface area (Å²) in [7, 11) is 0. The number of hydrogen-bond donors (Lipinski definition) is 0. The number of hydrogen-bond acceptors (Lipinski definition) is 1. The van der Waals surface area contributed by atoms with Gasteiger partial charge in [-0.25, -0.2) is 13.6 Å². The standard InChI is InChI=1S/C8H3FN2.C6H3Br2F/c1-11-8-3-2-6(5-10)4-7(8)9;7-4-1-2-5(8)6(9)3-4/h2-4H;1-3H. The van der Waals surface area contributed by atoms with Gasteiger partial charge in [-0.05, 0) is 40.2 Å². The molecule has 0 saturated carbocycles. The topological polar surface area (TPSA) is 28.1 Å². The average Bonchev–Trinajstić information content (AvgIpc) is 2.44. The molecule has 0 N–H and O–H groups in total. The van der Waals surface area contributed by atoms with Crippen molar-refractivity contribution in [2.45, 2.75) is 0 Å². The van der Waals surface area contributed by atoms with Gasteiger partial charge in [-0.3, -0.25) is 0 Å². The Morgan fingerprint density at radius 3 is 2.20 bits per heavy atom. The third-order valence-corrected chi connectivity index (χ3v) is 3.22. The zero-order chi connectivity index (χ0) is 15.1. The van der Waals surface area contributed by atoms with Crippen LogP contribution in [-0.4, -0.2) is 0 Å². The van der Waals surface area contributed by atoms with Gasteiger partial charge < -0.3 is 0 Å². The zero-order valence-corrected chi connectivity index (χ0v) is 13.0. The molecule has 0 heterocycles. The lowest BCUT2D eigenvalue weighted by Gasteiger charge is -1.91. The first-order chi connectivity index (χ1) is 9.47. The first-order valence-electron chi connectivity index (χ1n) is 5.15. The predicted molar refractivity (Wildman–Crippen MR) is 79.2 cm³/mol. The van der Waals surface area contributed by atoms with Crippen molar-refractivity contribution in [3.63, 3.8) is 0 Å². The summed E-state index contributed by atoms with van der Waals surface area (Å²) in [5, 5.41) is 8.33. The highest BCUT2D eigenvalue weighted by atomic mass is 79.9. The molecular weight excluding hydrogens is 394 g/mol. The van der Waals surface area contributed by atoms with Crippen LogP contribution in [-0.2, 0) is 0 Å². The van der Waals surface area contributed by atoms with E-state index in [9.17, 15) is 8.78 Å². The van der Waals surface area contributed by atoms with Gasteiger partial charge in [0.1, 0.15) is 11.6 Å². The Labute approximate surface area is 131 Å². The molecule has 0 aliphatic rings. The fraction of sp³-hybridized carbons (Fsp3) is 0. The van der Waals surface area contributed by atoms with Crippen LogP contribution in [0.2, 0.25) is 0 Å². The number of benzene rings is 2. The van der Waals surface area contributed by atoms with E-state index >= 15 is 0 Å². The van der Waals surface area contributed by atoms with Gasteiger partial charge in [0.05, 0.1) is 22.7 Å². The lowest BCUT2D eigenvalue weighted by Crippen LogP contribution is -1.77. The van der Waals surface area contributed by atoms with Crippen LogP contribution in [0, 0.1) is 29.5 Å². The number of halogens is 4. The zero-order valence-electron chi connectivity index (χ0n) is 9.87. The maximum absolute atomic E-state index is 12.7. The fourth-order valence-corrected chi connectivity index (χ4v) is 1.72. The molecule has 2 aromatic rings. The molecule has 0 unspecified atom stereocenters. The SMILES string of the molecule is Fc1cc(Br)ccc1Br.[C-]#[N+]c1ccc(C#N)cc1F. The molecular formula is C14H6Br2F2N2. The third-order valence-electron chi connectivity index (χ3n) is 2.08. The molecule has 2 aromatic carbocycles. The Kier molecular flexibility index (Phi) is 6.30. The van der Waals surface area contributed by atoms with Crippen LogP contribution in [0.25, 0.3) is 4.85 Å². The molecule has 0 atom stereocenters. The Morgan fingerprint density at radius 1 is 1.05 bits per heavy atom. The Bertz CT molecular complexity index is 703. The van der Waals surface area contributed by atoms with Crippen LogP contribution in [0.5, 0.6) is 0 Å². The van der Waals surface area contributed by atoms with Gasteiger partial charge in [0, 0.05) is 4.47 Å². The minimum Gasteiger partial charge on any atom is -0.235 e. The molecule has 0 radical (unpaired) electrons. The molecule has 2 rings (SSSR count). The van der Waals surface area contributed by atoms with E-state index < -0.39 is 5.82 Å². The Balaban J connectivity index is 0.000000204. The summed E-state index contributed by atoms with van der Waals surface area (Å²) >= 11 is 6.17. The molecule has 20 heavy (non-hydrogen) atoms. The van der Waals surface area contributed by atoms with Crippen LogP contribution in [0.15, 0.2) is 45.3 Å². The first kappa shape index (κ1) is 16.3. The summed E-state index contributed by atoms with van der Waals surface area (Å²) in [5.41, 5.74) is 0.180. The van der Waals surface area contributed by atoms with Crippen LogP contribution < -0.4 is 0 Å². The average molecular weight is 400 g/mol. The molecule has 6 heteroatoms. The molecule has 0 saturated heterocycles. The fourth-order valence-electron chi connectivity index (χ4n) is 1.14. The van der Waals surface area contributed by atoms with Gasteiger partial charge in [-0.1, -0.05) is 28.1 Å². The summed E-state index contributed by atoms with van der Waals surface area (Å²) in [5.74, 6) is -0.886. The molecule has 0 bridgehead atoms. The molecule has 0 spiro atoms. The van der Waals surface area contributed by atoms with E-state index in [1.165, 1.54) is 18.2 Å². The monoisotopic (exact) mass is 398 g/mol. The van der Waals surface area contributed by atoms with Crippen molar-refractivity contribution >= 4 is 37.5 Å². The highest BCUT2D eigenvalue weighted by molar-refractivity contribution is 9.11. The van der Waals surface area contributed by atoms with E-state index in [1.54, 1.807) is 18.2 Å². The van der Waals surface area contributed by atoms with Crippen molar-refractivity contribution in [2.75, 3.05) is 0 Å². The van der Waals surface area contributed by atoms with Crippen LogP contribution >= 0.6 is 31.9 Å². The van der Waals surface area contributed by atoms with Crippen molar-refractivity contribution < 1.29 is 8.78 Å². The van der Waals surface area contributed by atoms with Gasteiger partial charge >= 0.3 is 0 Å². The molecule has 0 fully saturated rings. The van der Waals surface area contributed by atoms with E-state index in [-0.39, 0.29) is 17.1 Å². The van der Waals surface area contributed by atoms with Crippen LogP contribution in [0.1, 0.15) is 5.56 Å². The smallest absolute Gasteiger partial charge is 0.222 e. The van der Waals surface area contributed by atoms with Crippen molar-refractivity contribution in [3.05, 3.63) is 74.0 Å². The summed E-state index contributed by atoms with van der Waals surface area (Å²) in [6.45, 7) is 6.51. The molecule has 0 amide bonds. The van der Waals surface area contributed by atoms with E-state index in [0.717, 1.165) is 10.5 Å². The molecule has 0 aromatic heterocycles. The molecule has 100 valence electrons. The second-order valence-electron chi connectivity index (χ2n) is 3.45. The second kappa shape index (κ2) is 7.74. The second-order valence-corrected chi connectivity index (χ2v) is 5.22. The summed E-state index contributed by atoms with van der Waals surface area (Å²) < 4.78 is 26.4. The lowest BCUT2D eigenvalue weighted by atomic mass is 10.2. The number of nitrogens with zero attached hydrogens (tertiary/aromatic N) is 2. The van der Waals surface area contributed by atoms with Gasteiger partial charge in [0.2, 0.25) is 5.69 Å². The maximum Gasteiger partial charge on any atom is 0.222 e. The Morgan fingerprint density at radius 2 is 1.75 bits per heavy atom. The largest absolute Gasteiger partial charge is 0.235 e.